The fourth-order valence-electron chi connectivity index (χ4n) is 2.74. The van der Waals surface area contributed by atoms with Gasteiger partial charge >= 0.3 is 0 Å². The fraction of sp³-hybridized carbons (Fsp3) is 0.294. The van der Waals surface area contributed by atoms with Crippen LogP contribution in [-0.2, 0) is 6.42 Å². The molecule has 0 spiro atoms. The molecule has 0 fully saturated rings. The molecule has 1 aliphatic rings. The monoisotopic (exact) mass is 254 g/mol. The van der Waals surface area contributed by atoms with Crippen molar-refractivity contribution in [1.29, 1.82) is 0 Å². The van der Waals surface area contributed by atoms with Gasteiger partial charge in [-0.1, -0.05) is 30.3 Å². The molecular weight excluding hydrogens is 236 g/mol. The Morgan fingerprint density at radius 3 is 2.58 bits per heavy atom. The van der Waals surface area contributed by atoms with Gasteiger partial charge in [0.2, 0.25) is 0 Å². The molecule has 2 nitrogen and oxygen atoms in total. The Labute approximate surface area is 113 Å². The van der Waals surface area contributed by atoms with E-state index in [0.29, 0.717) is 18.3 Å². The molecule has 0 aromatic heterocycles. The molecule has 2 aromatic rings. The Kier molecular flexibility index (Phi) is 2.94. The summed E-state index contributed by atoms with van der Waals surface area (Å²) < 4.78 is 5.95. The first kappa shape index (κ1) is 12.1. The molecule has 19 heavy (non-hydrogen) atoms. The number of hydrogen-bond donors (Lipinski definition) is 1. The molecule has 1 N–H and O–H groups in total. The average molecular weight is 254 g/mol. The third kappa shape index (κ3) is 2.07. The van der Waals surface area contributed by atoms with Crippen molar-refractivity contribution in [2.45, 2.75) is 26.2 Å². The van der Waals surface area contributed by atoms with Crippen molar-refractivity contribution in [3.8, 4) is 11.5 Å². The van der Waals surface area contributed by atoms with Crippen LogP contribution in [0, 0.1) is 13.8 Å². The lowest BCUT2D eigenvalue weighted by Gasteiger charge is -2.28. The van der Waals surface area contributed by atoms with E-state index in [1.165, 1.54) is 5.56 Å². The maximum atomic E-state index is 9.96. The molecule has 1 unspecified atom stereocenters. The molecule has 0 saturated carbocycles. The van der Waals surface area contributed by atoms with E-state index in [9.17, 15) is 5.11 Å². The summed E-state index contributed by atoms with van der Waals surface area (Å²) in [5.74, 6) is 1.70. The summed E-state index contributed by atoms with van der Waals surface area (Å²) in [6.07, 6.45) is 0.925. The van der Waals surface area contributed by atoms with Crippen molar-refractivity contribution in [1.82, 2.24) is 0 Å². The van der Waals surface area contributed by atoms with E-state index < -0.39 is 0 Å². The molecule has 1 heterocycles. The van der Waals surface area contributed by atoms with Crippen LogP contribution in [-0.4, -0.2) is 11.7 Å². The van der Waals surface area contributed by atoms with Crippen molar-refractivity contribution in [2.75, 3.05) is 6.61 Å². The maximum Gasteiger partial charge on any atom is 0.125 e. The molecule has 3 rings (SSSR count). The number of hydrogen-bond acceptors (Lipinski definition) is 2. The Morgan fingerprint density at radius 1 is 1.11 bits per heavy atom. The van der Waals surface area contributed by atoms with Crippen molar-refractivity contribution < 1.29 is 9.84 Å². The van der Waals surface area contributed by atoms with Crippen LogP contribution in [0.5, 0.6) is 11.5 Å². The molecule has 0 bridgehead atoms. The van der Waals surface area contributed by atoms with Gasteiger partial charge < -0.3 is 9.84 Å². The predicted octanol–water partition coefficient (Wildman–Crippen LogP) is 3.73. The molecular formula is C17H18O2. The van der Waals surface area contributed by atoms with E-state index in [-0.39, 0.29) is 0 Å². The van der Waals surface area contributed by atoms with Gasteiger partial charge in [0, 0.05) is 5.92 Å². The average Bonchev–Trinajstić information content (AvgIpc) is 2.45. The molecule has 1 atom stereocenters. The number of fused-ring (bicyclic) bond motifs is 1. The zero-order chi connectivity index (χ0) is 13.4. The van der Waals surface area contributed by atoms with Crippen molar-refractivity contribution in [3.63, 3.8) is 0 Å². The third-order valence-electron chi connectivity index (χ3n) is 4.06. The first-order valence-corrected chi connectivity index (χ1v) is 6.66. The largest absolute Gasteiger partial charge is 0.508 e. The van der Waals surface area contributed by atoms with Crippen LogP contribution in [0.3, 0.4) is 0 Å². The van der Waals surface area contributed by atoms with Crippen molar-refractivity contribution in [2.24, 2.45) is 0 Å². The predicted molar refractivity (Wildman–Crippen MR) is 76.0 cm³/mol. The van der Waals surface area contributed by atoms with E-state index in [1.807, 2.05) is 26.0 Å². The van der Waals surface area contributed by atoms with Crippen LogP contribution < -0.4 is 4.74 Å². The van der Waals surface area contributed by atoms with Crippen LogP contribution in [0.25, 0.3) is 0 Å². The minimum atomic E-state index is 0.369. The van der Waals surface area contributed by atoms with Gasteiger partial charge in [-0.3, -0.25) is 0 Å². The van der Waals surface area contributed by atoms with Gasteiger partial charge in [-0.25, -0.2) is 0 Å². The lowest BCUT2D eigenvalue weighted by Crippen LogP contribution is -2.20. The van der Waals surface area contributed by atoms with Crippen molar-refractivity contribution in [3.05, 3.63) is 58.7 Å². The van der Waals surface area contributed by atoms with E-state index >= 15 is 0 Å². The van der Waals surface area contributed by atoms with E-state index in [2.05, 4.69) is 24.3 Å². The van der Waals surface area contributed by atoms with Gasteiger partial charge in [-0.2, -0.15) is 0 Å². The molecule has 2 aromatic carbocycles. The quantitative estimate of drug-likeness (QED) is 0.840. The minimum Gasteiger partial charge on any atom is -0.508 e. The third-order valence-corrected chi connectivity index (χ3v) is 4.06. The Balaban J connectivity index is 1.97. The first-order chi connectivity index (χ1) is 9.16. The first-order valence-electron chi connectivity index (χ1n) is 6.66. The molecule has 0 radical (unpaired) electrons. The number of phenolic OH excluding ortho intramolecular Hbond substituents is 1. The smallest absolute Gasteiger partial charge is 0.125 e. The number of aromatic hydroxyl groups is 1. The molecule has 1 aliphatic heterocycles. The van der Waals surface area contributed by atoms with Crippen LogP contribution >= 0.6 is 0 Å². The highest BCUT2D eigenvalue weighted by atomic mass is 16.5. The highest BCUT2D eigenvalue weighted by molar-refractivity contribution is 5.53. The highest BCUT2D eigenvalue weighted by Gasteiger charge is 2.24. The minimum absolute atomic E-state index is 0.369. The SMILES string of the molecule is Cc1c(O)cc2c(c1C)OCC(c1ccccc1)C2. The summed E-state index contributed by atoms with van der Waals surface area (Å²) >= 11 is 0. The number of benzene rings is 2. The van der Waals surface area contributed by atoms with E-state index in [1.54, 1.807) is 0 Å². The van der Waals surface area contributed by atoms with Crippen LogP contribution in [0.4, 0.5) is 0 Å². The van der Waals surface area contributed by atoms with Gasteiger partial charge in [-0.05, 0) is 48.6 Å². The molecule has 0 saturated heterocycles. The second-order valence-corrected chi connectivity index (χ2v) is 5.26. The van der Waals surface area contributed by atoms with Crippen molar-refractivity contribution >= 4 is 0 Å². The van der Waals surface area contributed by atoms with Gasteiger partial charge in [0.05, 0.1) is 6.61 Å². The van der Waals surface area contributed by atoms with E-state index in [0.717, 1.165) is 28.9 Å². The second kappa shape index (κ2) is 4.61. The standard InChI is InChI=1S/C17H18O2/c1-11-12(2)17-14(9-16(11)18)8-15(10-19-17)13-6-4-3-5-7-13/h3-7,9,15,18H,8,10H2,1-2H3. The molecule has 2 heteroatoms. The Hall–Kier alpha value is -1.96. The normalized spacial score (nSPS) is 17.7. The molecule has 0 amide bonds. The molecule has 0 aliphatic carbocycles. The van der Waals surface area contributed by atoms with Crippen LogP contribution in [0.1, 0.15) is 28.2 Å². The van der Waals surface area contributed by atoms with Gasteiger partial charge in [0.25, 0.3) is 0 Å². The zero-order valence-electron chi connectivity index (χ0n) is 11.3. The Bertz CT molecular complexity index is 602. The summed E-state index contributed by atoms with van der Waals surface area (Å²) in [4.78, 5) is 0. The topological polar surface area (TPSA) is 29.5 Å². The number of rotatable bonds is 1. The summed E-state index contributed by atoms with van der Waals surface area (Å²) in [5, 5.41) is 9.96. The number of ether oxygens (including phenoxy) is 1. The Morgan fingerprint density at radius 2 is 1.84 bits per heavy atom. The lowest BCUT2D eigenvalue weighted by molar-refractivity contribution is 0.259. The number of phenols is 1. The van der Waals surface area contributed by atoms with Crippen LogP contribution in [0.2, 0.25) is 0 Å². The summed E-state index contributed by atoms with van der Waals surface area (Å²) in [6.45, 7) is 4.65. The summed E-state index contributed by atoms with van der Waals surface area (Å²) in [5.41, 5.74) is 4.38. The fourth-order valence-corrected chi connectivity index (χ4v) is 2.74. The van der Waals surface area contributed by atoms with E-state index in [4.69, 9.17) is 4.74 Å². The summed E-state index contributed by atoms with van der Waals surface area (Å²) in [6, 6.07) is 12.3. The molecule has 98 valence electrons. The van der Waals surface area contributed by atoms with Gasteiger partial charge in [-0.15, -0.1) is 0 Å². The van der Waals surface area contributed by atoms with Gasteiger partial charge in [0.15, 0.2) is 0 Å². The highest BCUT2D eigenvalue weighted by Crippen LogP contribution is 2.39. The summed E-state index contributed by atoms with van der Waals surface area (Å²) in [7, 11) is 0. The zero-order valence-corrected chi connectivity index (χ0v) is 11.3. The lowest BCUT2D eigenvalue weighted by atomic mass is 9.88. The van der Waals surface area contributed by atoms with Crippen LogP contribution in [0.15, 0.2) is 36.4 Å². The second-order valence-electron chi connectivity index (χ2n) is 5.26. The van der Waals surface area contributed by atoms with Gasteiger partial charge in [0.1, 0.15) is 11.5 Å². The maximum absolute atomic E-state index is 9.96.